The molecule has 1 fully saturated rings. The lowest BCUT2D eigenvalue weighted by atomic mass is 10.1. The van der Waals surface area contributed by atoms with Crippen molar-refractivity contribution in [3.05, 3.63) is 57.9 Å². The Bertz CT molecular complexity index is 931. The van der Waals surface area contributed by atoms with E-state index in [0.717, 1.165) is 24.1 Å². The summed E-state index contributed by atoms with van der Waals surface area (Å²) in [5.41, 5.74) is 3.54. The molecular weight excluding hydrogens is 326 g/mol. The van der Waals surface area contributed by atoms with Crippen LogP contribution >= 0.6 is 11.6 Å². The standard InChI is InChI=1S/C18H16ClN3O2/c1-10-16-14(8-15(12-5-6-12)21-18(16)24-22-10)17(23)20-9-11-3-2-4-13(19)7-11/h2-4,7-8,12H,5-6,9H2,1H3,(H,20,23). The monoisotopic (exact) mass is 341 g/mol. The third-order valence-electron chi connectivity index (χ3n) is 4.22. The van der Waals surface area contributed by atoms with Gasteiger partial charge in [-0.1, -0.05) is 28.9 Å². The van der Waals surface area contributed by atoms with Crippen molar-refractivity contribution in [3.63, 3.8) is 0 Å². The number of amides is 1. The van der Waals surface area contributed by atoms with Crippen LogP contribution < -0.4 is 5.32 Å². The van der Waals surface area contributed by atoms with E-state index in [4.69, 9.17) is 16.1 Å². The van der Waals surface area contributed by atoms with E-state index in [1.54, 1.807) is 0 Å². The van der Waals surface area contributed by atoms with Gasteiger partial charge in [-0.15, -0.1) is 0 Å². The summed E-state index contributed by atoms with van der Waals surface area (Å²) in [5.74, 6) is 0.273. The number of hydrogen-bond acceptors (Lipinski definition) is 4. The maximum atomic E-state index is 12.7. The maximum absolute atomic E-state index is 12.7. The molecule has 4 rings (SSSR count). The molecule has 0 bridgehead atoms. The third-order valence-corrected chi connectivity index (χ3v) is 4.45. The van der Waals surface area contributed by atoms with Gasteiger partial charge in [-0.3, -0.25) is 4.79 Å². The number of nitrogens with zero attached hydrogens (tertiary/aromatic N) is 2. The zero-order chi connectivity index (χ0) is 16.7. The first-order valence-electron chi connectivity index (χ1n) is 7.91. The first-order valence-corrected chi connectivity index (χ1v) is 8.29. The van der Waals surface area contributed by atoms with Crippen molar-refractivity contribution >= 4 is 28.6 Å². The second-order valence-electron chi connectivity index (χ2n) is 6.13. The minimum absolute atomic E-state index is 0.157. The fraction of sp³-hybridized carbons (Fsp3) is 0.278. The van der Waals surface area contributed by atoms with Crippen LogP contribution in [0, 0.1) is 6.92 Å². The van der Waals surface area contributed by atoms with E-state index in [-0.39, 0.29) is 5.91 Å². The number of rotatable bonds is 4. The predicted molar refractivity (Wildman–Crippen MR) is 91.1 cm³/mol. The molecule has 6 heteroatoms. The Labute approximate surface area is 144 Å². The minimum Gasteiger partial charge on any atom is -0.348 e. The van der Waals surface area contributed by atoms with Crippen LogP contribution in [0.1, 0.15) is 46.1 Å². The van der Waals surface area contributed by atoms with Crippen molar-refractivity contribution in [2.75, 3.05) is 0 Å². The molecule has 122 valence electrons. The smallest absolute Gasteiger partial charge is 0.259 e. The van der Waals surface area contributed by atoms with Gasteiger partial charge in [-0.05, 0) is 43.5 Å². The Hall–Kier alpha value is -2.40. The second kappa shape index (κ2) is 5.91. The Morgan fingerprint density at radius 1 is 1.38 bits per heavy atom. The lowest BCUT2D eigenvalue weighted by Gasteiger charge is -2.08. The van der Waals surface area contributed by atoms with Crippen molar-refractivity contribution < 1.29 is 9.32 Å². The van der Waals surface area contributed by atoms with Crippen LogP contribution in [0.4, 0.5) is 0 Å². The van der Waals surface area contributed by atoms with Crippen LogP contribution in [0.2, 0.25) is 5.02 Å². The van der Waals surface area contributed by atoms with Crippen molar-refractivity contribution in [1.29, 1.82) is 0 Å². The van der Waals surface area contributed by atoms with Crippen LogP contribution in [-0.2, 0) is 6.54 Å². The van der Waals surface area contributed by atoms with E-state index >= 15 is 0 Å². The van der Waals surface area contributed by atoms with E-state index in [2.05, 4.69) is 15.5 Å². The number of aromatic nitrogens is 2. The molecular formula is C18H16ClN3O2. The van der Waals surface area contributed by atoms with E-state index in [1.165, 1.54) is 0 Å². The highest BCUT2D eigenvalue weighted by Crippen LogP contribution is 2.40. The molecule has 1 aromatic carbocycles. The number of carbonyl (C=O) groups excluding carboxylic acids is 1. The summed E-state index contributed by atoms with van der Waals surface area (Å²) in [4.78, 5) is 17.2. The van der Waals surface area contributed by atoms with Gasteiger partial charge in [0.2, 0.25) is 0 Å². The highest BCUT2D eigenvalue weighted by Gasteiger charge is 2.28. The molecule has 0 atom stereocenters. The molecule has 5 nitrogen and oxygen atoms in total. The summed E-state index contributed by atoms with van der Waals surface area (Å²) in [6.45, 7) is 2.23. The number of nitrogens with one attached hydrogen (secondary N) is 1. The quantitative estimate of drug-likeness (QED) is 0.779. The topological polar surface area (TPSA) is 68.0 Å². The lowest BCUT2D eigenvalue weighted by Crippen LogP contribution is -2.23. The zero-order valence-corrected chi connectivity index (χ0v) is 13.9. The van der Waals surface area contributed by atoms with E-state index in [0.29, 0.717) is 39.8 Å². The van der Waals surface area contributed by atoms with Crippen LogP contribution in [0.15, 0.2) is 34.9 Å². The average molecular weight is 342 g/mol. The van der Waals surface area contributed by atoms with Crippen molar-refractivity contribution in [2.24, 2.45) is 0 Å². The molecule has 0 unspecified atom stereocenters. The summed E-state index contributed by atoms with van der Waals surface area (Å²) in [6.07, 6.45) is 2.21. The molecule has 1 N–H and O–H groups in total. The number of halogens is 1. The van der Waals surface area contributed by atoms with Gasteiger partial charge < -0.3 is 9.84 Å². The number of carbonyl (C=O) groups is 1. The normalized spacial score (nSPS) is 14.1. The summed E-state index contributed by atoms with van der Waals surface area (Å²) in [6, 6.07) is 9.31. The average Bonchev–Trinajstić information content (AvgIpc) is 3.36. The predicted octanol–water partition coefficient (Wildman–Crippen LogP) is 3.99. The van der Waals surface area contributed by atoms with Gasteiger partial charge in [0.15, 0.2) is 0 Å². The molecule has 0 spiro atoms. The molecule has 1 amide bonds. The van der Waals surface area contributed by atoms with Gasteiger partial charge in [0.05, 0.1) is 16.6 Å². The summed E-state index contributed by atoms with van der Waals surface area (Å²) >= 11 is 5.98. The highest BCUT2D eigenvalue weighted by molar-refractivity contribution is 6.30. The fourth-order valence-corrected chi connectivity index (χ4v) is 3.02. The number of benzene rings is 1. The van der Waals surface area contributed by atoms with Crippen LogP contribution in [0.5, 0.6) is 0 Å². The van der Waals surface area contributed by atoms with Crippen molar-refractivity contribution in [1.82, 2.24) is 15.5 Å². The van der Waals surface area contributed by atoms with Gasteiger partial charge in [0.25, 0.3) is 11.6 Å². The number of fused-ring (bicyclic) bond motifs is 1. The molecule has 24 heavy (non-hydrogen) atoms. The maximum Gasteiger partial charge on any atom is 0.259 e. The lowest BCUT2D eigenvalue weighted by molar-refractivity contribution is 0.0952. The molecule has 1 saturated carbocycles. The van der Waals surface area contributed by atoms with Gasteiger partial charge >= 0.3 is 0 Å². The Morgan fingerprint density at radius 3 is 2.96 bits per heavy atom. The van der Waals surface area contributed by atoms with Crippen LogP contribution in [-0.4, -0.2) is 16.0 Å². The molecule has 1 aliphatic rings. The van der Waals surface area contributed by atoms with E-state index in [9.17, 15) is 4.79 Å². The summed E-state index contributed by atoms with van der Waals surface area (Å²) in [5, 5.41) is 8.23. The zero-order valence-electron chi connectivity index (χ0n) is 13.2. The third kappa shape index (κ3) is 2.87. The van der Waals surface area contributed by atoms with E-state index < -0.39 is 0 Å². The van der Waals surface area contributed by atoms with Gasteiger partial charge in [-0.2, -0.15) is 0 Å². The Kier molecular flexibility index (Phi) is 3.73. The van der Waals surface area contributed by atoms with Gasteiger partial charge in [0, 0.05) is 23.2 Å². The molecule has 2 heterocycles. The number of pyridine rings is 1. The highest BCUT2D eigenvalue weighted by atomic mass is 35.5. The molecule has 0 radical (unpaired) electrons. The molecule has 2 aromatic heterocycles. The SMILES string of the molecule is Cc1noc2nc(C3CC3)cc(C(=O)NCc3cccc(Cl)c3)c12. The van der Waals surface area contributed by atoms with Crippen molar-refractivity contribution in [2.45, 2.75) is 32.2 Å². The first-order chi connectivity index (χ1) is 11.6. The van der Waals surface area contributed by atoms with Gasteiger partial charge in [-0.25, -0.2) is 4.98 Å². The Morgan fingerprint density at radius 2 is 2.21 bits per heavy atom. The summed E-state index contributed by atoms with van der Waals surface area (Å²) < 4.78 is 5.28. The second-order valence-corrected chi connectivity index (χ2v) is 6.57. The largest absolute Gasteiger partial charge is 0.348 e. The van der Waals surface area contributed by atoms with Gasteiger partial charge in [0.1, 0.15) is 0 Å². The molecule has 3 aromatic rings. The Balaban J connectivity index is 1.64. The molecule has 0 aliphatic heterocycles. The number of hydrogen-bond donors (Lipinski definition) is 1. The minimum atomic E-state index is -0.157. The van der Waals surface area contributed by atoms with Crippen molar-refractivity contribution in [3.8, 4) is 0 Å². The summed E-state index contributed by atoms with van der Waals surface area (Å²) in [7, 11) is 0. The van der Waals surface area contributed by atoms with Crippen LogP contribution in [0.3, 0.4) is 0 Å². The first kappa shape index (κ1) is 15.1. The van der Waals surface area contributed by atoms with Crippen LogP contribution in [0.25, 0.3) is 11.1 Å². The number of aryl methyl sites for hydroxylation is 1. The molecule has 0 saturated heterocycles. The fourth-order valence-electron chi connectivity index (χ4n) is 2.81. The molecule has 1 aliphatic carbocycles. The van der Waals surface area contributed by atoms with E-state index in [1.807, 2.05) is 37.3 Å².